The minimum atomic E-state index is -0.160. The van der Waals surface area contributed by atoms with Gasteiger partial charge in [0.25, 0.3) is 0 Å². The number of hydrogen-bond acceptors (Lipinski definition) is 2. The summed E-state index contributed by atoms with van der Waals surface area (Å²) in [6.07, 6.45) is 2.72. The molecule has 2 heteroatoms. The van der Waals surface area contributed by atoms with E-state index < -0.39 is 0 Å². The number of carbonyl (C=O) groups excluding carboxylic acids is 2. The zero-order valence-corrected chi connectivity index (χ0v) is 9.62. The Morgan fingerprint density at radius 2 is 1.80 bits per heavy atom. The highest BCUT2D eigenvalue weighted by Gasteiger charge is 2.44. The number of ketones is 2. The normalized spacial score (nSPS) is 34.6. The summed E-state index contributed by atoms with van der Waals surface area (Å²) < 4.78 is 0. The number of hydrogen-bond donors (Lipinski definition) is 0. The van der Waals surface area contributed by atoms with Crippen LogP contribution < -0.4 is 0 Å². The predicted molar refractivity (Wildman–Crippen MR) is 59.3 cm³/mol. The van der Waals surface area contributed by atoms with Crippen LogP contribution in [0.4, 0.5) is 0 Å². The zero-order chi connectivity index (χ0) is 11.6. The van der Waals surface area contributed by atoms with Crippen LogP contribution in [0, 0.1) is 23.7 Å². The average Bonchev–Trinajstić information content (AvgIpc) is 2.42. The van der Waals surface area contributed by atoms with Crippen molar-refractivity contribution in [1.82, 2.24) is 0 Å². The van der Waals surface area contributed by atoms with Gasteiger partial charge in [-0.25, -0.2) is 0 Å². The van der Waals surface area contributed by atoms with E-state index in [4.69, 9.17) is 0 Å². The molecule has 0 bridgehead atoms. The minimum Gasteiger partial charge on any atom is -0.300 e. The molecule has 0 spiro atoms. The third-order valence-electron chi connectivity index (χ3n) is 3.38. The quantitative estimate of drug-likeness (QED) is 0.664. The molecule has 2 nitrogen and oxygen atoms in total. The second kappa shape index (κ2) is 4.59. The average molecular weight is 206 g/mol. The Hall–Kier alpha value is -1.14. The molecule has 82 valence electrons. The van der Waals surface area contributed by atoms with Crippen molar-refractivity contribution in [2.24, 2.45) is 23.7 Å². The summed E-state index contributed by atoms with van der Waals surface area (Å²) in [5.41, 5.74) is 2.74. The molecule has 0 N–H and O–H groups in total. The maximum Gasteiger partial charge on any atom is 0.134 e. The van der Waals surface area contributed by atoms with Crippen molar-refractivity contribution in [1.29, 1.82) is 0 Å². The van der Waals surface area contributed by atoms with Crippen LogP contribution in [0.2, 0.25) is 0 Å². The molecule has 0 heterocycles. The van der Waals surface area contributed by atoms with Gasteiger partial charge in [-0.15, -0.1) is 5.73 Å². The highest BCUT2D eigenvalue weighted by atomic mass is 16.1. The van der Waals surface area contributed by atoms with E-state index in [9.17, 15) is 9.59 Å². The molecule has 1 fully saturated rings. The molecule has 4 unspecified atom stereocenters. The fourth-order valence-electron chi connectivity index (χ4n) is 2.87. The first-order chi connectivity index (χ1) is 6.99. The van der Waals surface area contributed by atoms with Crippen LogP contribution in [0.15, 0.2) is 18.4 Å². The van der Waals surface area contributed by atoms with Gasteiger partial charge in [0.05, 0.1) is 0 Å². The molecular formula is C13H18O2. The summed E-state index contributed by atoms with van der Waals surface area (Å²) >= 11 is 0. The second-order valence-corrected chi connectivity index (χ2v) is 4.52. The van der Waals surface area contributed by atoms with Gasteiger partial charge in [0, 0.05) is 11.8 Å². The van der Waals surface area contributed by atoms with E-state index in [1.54, 1.807) is 13.8 Å². The van der Waals surface area contributed by atoms with Crippen LogP contribution in [-0.2, 0) is 9.59 Å². The molecule has 4 atom stereocenters. The van der Waals surface area contributed by atoms with Gasteiger partial charge < -0.3 is 0 Å². The molecule has 1 aliphatic rings. The van der Waals surface area contributed by atoms with Gasteiger partial charge in [-0.05, 0) is 38.2 Å². The van der Waals surface area contributed by atoms with Gasteiger partial charge in [0.15, 0.2) is 0 Å². The summed E-state index contributed by atoms with van der Waals surface area (Å²) in [7, 11) is 0. The Morgan fingerprint density at radius 3 is 2.20 bits per heavy atom. The van der Waals surface area contributed by atoms with E-state index in [1.807, 2.05) is 13.0 Å². The highest BCUT2D eigenvalue weighted by molar-refractivity contribution is 5.88. The maximum absolute atomic E-state index is 11.6. The summed E-state index contributed by atoms with van der Waals surface area (Å²) in [5.74, 6) is 0.387. The Labute approximate surface area is 91.1 Å². The van der Waals surface area contributed by atoms with E-state index in [0.717, 1.165) is 6.42 Å². The van der Waals surface area contributed by atoms with Crippen LogP contribution in [0.25, 0.3) is 0 Å². The summed E-state index contributed by atoms with van der Waals surface area (Å²) in [6, 6.07) is 0. The first-order valence-electron chi connectivity index (χ1n) is 5.36. The standard InChI is InChI=1S/C13H18O2/c1-5-6-11-7-8(2)12(9(3)14)13(11)10(4)15/h6,8,11-13H,1,7H2,2-4H3. The first kappa shape index (κ1) is 11.9. The zero-order valence-electron chi connectivity index (χ0n) is 9.62. The Kier molecular flexibility index (Phi) is 3.65. The SMILES string of the molecule is C=C=CC1CC(C)C(C(C)=O)C1C(C)=O. The Bertz CT molecular complexity index is 323. The molecule has 15 heavy (non-hydrogen) atoms. The largest absolute Gasteiger partial charge is 0.300 e. The van der Waals surface area contributed by atoms with Crippen LogP contribution in [0.5, 0.6) is 0 Å². The molecule has 1 saturated carbocycles. The van der Waals surface area contributed by atoms with E-state index in [1.165, 1.54) is 0 Å². The summed E-state index contributed by atoms with van der Waals surface area (Å²) in [6.45, 7) is 8.73. The van der Waals surface area contributed by atoms with Gasteiger partial charge in [-0.2, -0.15) is 0 Å². The van der Waals surface area contributed by atoms with Crippen molar-refractivity contribution in [3.63, 3.8) is 0 Å². The van der Waals surface area contributed by atoms with Crippen LogP contribution in [-0.4, -0.2) is 11.6 Å². The van der Waals surface area contributed by atoms with Crippen LogP contribution in [0.3, 0.4) is 0 Å². The van der Waals surface area contributed by atoms with E-state index in [-0.39, 0.29) is 35.2 Å². The number of rotatable bonds is 3. The molecule has 0 aromatic rings. The van der Waals surface area contributed by atoms with Gasteiger partial charge >= 0.3 is 0 Å². The lowest BCUT2D eigenvalue weighted by Gasteiger charge is -2.19. The number of Topliss-reactive ketones (excluding diaryl/α,β-unsaturated/α-hetero) is 2. The molecule has 0 amide bonds. The lowest BCUT2D eigenvalue weighted by Crippen LogP contribution is -2.28. The van der Waals surface area contributed by atoms with Gasteiger partial charge in [-0.3, -0.25) is 9.59 Å². The van der Waals surface area contributed by atoms with Crippen molar-refractivity contribution in [2.75, 3.05) is 0 Å². The monoisotopic (exact) mass is 206 g/mol. The third kappa shape index (κ3) is 2.27. The molecule has 0 aromatic heterocycles. The molecule has 0 aliphatic heterocycles. The van der Waals surface area contributed by atoms with Crippen LogP contribution in [0.1, 0.15) is 27.2 Å². The fourth-order valence-corrected chi connectivity index (χ4v) is 2.87. The minimum absolute atomic E-state index is 0.107. The lowest BCUT2D eigenvalue weighted by atomic mass is 9.82. The lowest BCUT2D eigenvalue weighted by molar-refractivity contribution is -0.130. The van der Waals surface area contributed by atoms with Gasteiger partial charge in [0.2, 0.25) is 0 Å². The first-order valence-corrected chi connectivity index (χ1v) is 5.36. The molecule has 1 rings (SSSR count). The predicted octanol–water partition coefficient (Wildman–Crippen LogP) is 2.39. The van der Waals surface area contributed by atoms with Crippen LogP contribution >= 0.6 is 0 Å². The van der Waals surface area contributed by atoms with Crippen molar-refractivity contribution in [3.8, 4) is 0 Å². The number of allylic oxidation sites excluding steroid dienone is 1. The smallest absolute Gasteiger partial charge is 0.134 e. The molecule has 1 aliphatic carbocycles. The second-order valence-electron chi connectivity index (χ2n) is 4.52. The molecule has 0 aromatic carbocycles. The number of carbonyl (C=O) groups is 2. The van der Waals surface area contributed by atoms with Crippen molar-refractivity contribution in [3.05, 3.63) is 18.4 Å². The molecule has 0 radical (unpaired) electrons. The third-order valence-corrected chi connectivity index (χ3v) is 3.38. The van der Waals surface area contributed by atoms with Crippen molar-refractivity contribution in [2.45, 2.75) is 27.2 Å². The maximum atomic E-state index is 11.6. The Morgan fingerprint density at radius 1 is 1.27 bits per heavy atom. The van der Waals surface area contributed by atoms with E-state index in [0.29, 0.717) is 0 Å². The van der Waals surface area contributed by atoms with Gasteiger partial charge in [0.1, 0.15) is 11.6 Å². The van der Waals surface area contributed by atoms with E-state index >= 15 is 0 Å². The van der Waals surface area contributed by atoms with Crippen molar-refractivity contribution >= 4 is 11.6 Å². The molecular weight excluding hydrogens is 188 g/mol. The van der Waals surface area contributed by atoms with E-state index in [2.05, 4.69) is 12.3 Å². The van der Waals surface area contributed by atoms with Gasteiger partial charge in [-0.1, -0.05) is 13.5 Å². The fraction of sp³-hybridized carbons (Fsp3) is 0.615. The summed E-state index contributed by atoms with van der Waals surface area (Å²) in [5, 5.41) is 0. The van der Waals surface area contributed by atoms with Crippen molar-refractivity contribution < 1.29 is 9.59 Å². The Balaban J connectivity index is 3.02. The molecule has 0 saturated heterocycles. The highest BCUT2D eigenvalue weighted by Crippen LogP contribution is 2.43. The topological polar surface area (TPSA) is 34.1 Å². The summed E-state index contributed by atoms with van der Waals surface area (Å²) in [4.78, 5) is 23.1.